The minimum atomic E-state index is -0.990. The van der Waals surface area contributed by atoms with E-state index >= 15 is 0 Å². The topological polar surface area (TPSA) is 115 Å². The van der Waals surface area contributed by atoms with Crippen molar-refractivity contribution in [3.05, 3.63) is 72.0 Å². The molecule has 0 saturated carbocycles. The lowest BCUT2D eigenvalue weighted by atomic mass is 10.1. The number of nitrogens with zero attached hydrogens (tertiary/aromatic N) is 1. The monoisotopic (exact) mass is 695 g/mol. The number of methoxy groups -OCH3 is 1. The summed E-state index contributed by atoms with van der Waals surface area (Å²) in [6, 6.07) is 8.50. The molecular formula is C29H28BrCl2N3O6S. The van der Waals surface area contributed by atoms with E-state index in [4.69, 9.17) is 37.4 Å². The standard InChI is InChI=1S/C29H28BrCl2N3O6S/c1-3-40-29(38)24-19-7-5-4-6-8-23(19)42-28(24)34-26(36)27(37)35-33-14-16-11-20(30)25(22(12-16)39-2)41-15-17-9-10-18(31)13-21(17)32/h9-14H,3-8,15H2,1-2H3,(H,34,36)(H,35,37). The van der Waals surface area contributed by atoms with Gasteiger partial charge >= 0.3 is 17.8 Å². The molecule has 1 aliphatic rings. The second-order valence-corrected chi connectivity index (χ2v) is 12.0. The molecule has 9 nitrogen and oxygen atoms in total. The van der Waals surface area contributed by atoms with Crippen molar-refractivity contribution in [1.82, 2.24) is 5.43 Å². The number of anilines is 1. The molecule has 3 aromatic rings. The number of carbonyl (C=O) groups excluding carboxylic acids is 3. The number of benzene rings is 2. The molecule has 1 aliphatic carbocycles. The maximum Gasteiger partial charge on any atom is 0.341 e. The number of hydrazone groups is 1. The number of hydrogen-bond acceptors (Lipinski definition) is 8. The van der Waals surface area contributed by atoms with Crippen LogP contribution in [0.2, 0.25) is 10.0 Å². The highest BCUT2D eigenvalue weighted by Gasteiger charge is 2.28. The number of amides is 2. The van der Waals surface area contributed by atoms with Crippen molar-refractivity contribution in [2.45, 2.75) is 45.6 Å². The van der Waals surface area contributed by atoms with Crippen LogP contribution in [0.3, 0.4) is 0 Å². The Hall–Kier alpha value is -3.12. The molecule has 0 fully saturated rings. The molecule has 4 rings (SSSR count). The third kappa shape index (κ3) is 7.83. The molecule has 0 bridgehead atoms. The zero-order valence-corrected chi connectivity index (χ0v) is 26.8. The van der Waals surface area contributed by atoms with Gasteiger partial charge in [0.25, 0.3) is 0 Å². The molecule has 2 aromatic carbocycles. The fourth-order valence-electron chi connectivity index (χ4n) is 4.37. The molecular weight excluding hydrogens is 669 g/mol. The predicted octanol–water partition coefficient (Wildman–Crippen LogP) is 6.94. The summed E-state index contributed by atoms with van der Waals surface area (Å²) in [7, 11) is 1.49. The lowest BCUT2D eigenvalue weighted by Crippen LogP contribution is -2.32. The van der Waals surface area contributed by atoms with Crippen molar-refractivity contribution in [3.63, 3.8) is 0 Å². The first kappa shape index (κ1) is 31.8. The first-order valence-electron chi connectivity index (χ1n) is 13.1. The van der Waals surface area contributed by atoms with Crippen LogP contribution < -0.4 is 20.2 Å². The second-order valence-electron chi connectivity index (χ2n) is 9.20. The Morgan fingerprint density at radius 2 is 1.88 bits per heavy atom. The molecule has 2 amide bonds. The third-order valence-electron chi connectivity index (χ3n) is 6.35. The molecule has 13 heteroatoms. The van der Waals surface area contributed by atoms with Gasteiger partial charge in [0.2, 0.25) is 0 Å². The summed E-state index contributed by atoms with van der Waals surface area (Å²) in [5.41, 5.74) is 4.75. The number of esters is 1. The van der Waals surface area contributed by atoms with E-state index in [-0.39, 0.29) is 13.2 Å². The lowest BCUT2D eigenvalue weighted by molar-refractivity contribution is -0.136. The molecule has 0 radical (unpaired) electrons. The summed E-state index contributed by atoms with van der Waals surface area (Å²) < 4.78 is 17.2. The number of rotatable bonds is 9. The Kier molecular flexibility index (Phi) is 11.3. The smallest absolute Gasteiger partial charge is 0.341 e. The first-order valence-corrected chi connectivity index (χ1v) is 15.5. The van der Waals surface area contributed by atoms with Crippen LogP contribution in [0, 0.1) is 0 Å². The molecule has 0 saturated heterocycles. The summed E-state index contributed by atoms with van der Waals surface area (Å²) in [5, 5.41) is 7.80. The van der Waals surface area contributed by atoms with Crippen molar-refractivity contribution in [2.75, 3.05) is 19.0 Å². The quantitative estimate of drug-likeness (QED) is 0.0824. The van der Waals surface area contributed by atoms with Crippen LogP contribution >= 0.6 is 50.5 Å². The molecule has 1 heterocycles. The zero-order valence-electron chi connectivity index (χ0n) is 22.9. The number of fused-ring (bicyclic) bond motifs is 1. The minimum absolute atomic E-state index is 0.175. The average Bonchev–Trinajstić information content (AvgIpc) is 3.12. The highest BCUT2D eigenvalue weighted by atomic mass is 79.9. The summed E-state index contributed by atoms with van der Waals surface area (Å²) in [5.74, 6) is -1.60. The number of thiophene rings is 1. The van der Waals surface area contributed by atoms with E-state index in [1.54, 1.807) is 37.3 Å². The summed E-state index contributed by atoms with van der Waals surface area (Å²) >= 11 is 17.0. The molecule has 0 unspecified atom stereocenters. The Labute approximate surface area is 265 Å². The molecule has 1 aromatic heterocycles. The normalized spacial score (nSPS) is 12.8. The van der Waals surface area contributed by atoms with Crippen molar-refractivity contribution in [3.8, 4) is 11.5 Å². The minimum Gasteiger partial charge on any atom is -0.493 e. The van der Waals surface area contributed by atoms with Gasteiger partial charge in [-0.2, -0.15) is 5.10 Å². The van der Waals surface area contributed by atoms with Crippen molar-refractivity contribution >= 4 is 79.5 Å². The molecule has 42 heavy (non-hydrogen) atoms. The molecule has 0 atom stereocenters. The van der Waals surface area contributed by atoms with Gasteiger partial charge in [0.05, 0.1) is 30.0 Å². The molecule has 0 spiro atoms. The third-order valence-corrected chi connectivity index (χ3v) is 8.74. The van der Waals surface area contributed by atoms with Crippen LogP contribution in [-0.2, 0) is 33.8 Å². The fraction of sp³-hybridized carbons (Fsp3) is 0.310. The zero-order chi connectivity index (χ0) is 30.2. The van der Waals surface area contributed by atoms with Crippen molar-refractivity contribution < 1.29 is 28.6 Å². The average molecular weight is 697 g/mol. The molecule has 2 N–H and O–H groups in total. The van der Waals surface area contributed by atoms with Gasteiger partial charge in [0.15, 0.2) is 11.5 Å². The van der Waals surface area contributed by atoms with Gasteiger partial charge in [0, 0.05) is 20.5 Å². The van der Waals surface area contributed by atoms with Crippen LogP contribution in [0.4, 0.5) is 5.00 Å². The lowest BCUT2D eigenvalue weighted by Gasteiger charge is -2.14. The number of hydrogen-bond donors (Lipinski definition) is 2. The maximum absolute atomic E-state index is 12.7. The van der Waals surface area contributed by atoms with E-state index < -0.39 is 17.8 Å². The van der Waals surface area contributed by atoms with E-state index in [2.05, 4.69) is 31.8 Å². The number of nitrogens with one attached hydrogen (secondary N) is 2. The summed E-state index contributed by atoms with van der Waals surface area (Å²) in [6.45, 7) is 2.10. The van der Waals surface area contributed by atoms with Crippen molar-refractivity contribution in [2.24, 2.45) is 5.10 Å². The van der Waals surface area contributed by atoms with E-state index in [0.717, 1.165) is 48.1 Å². The van der Waals surface area contributed by atoms with E-state index in [1.165, 1.54) is 24.7 Å². The van der Waals surface area contributed by atoms with Crippen LogP contribution in [0.5, 0.6) is 11.5 Å². The highest BCUT2D eigenvalue weighted by Crippen LogP contribution is 2.39. The Bertz CT molecular complexity index is 1530. The number of aryl methyl sites for hydroxylation is 1. The number of halogens is 3. The fourth-order valence-corrected chi connectivity index (χ4v) is 6.68. The molecule has 0 aliphatic heterocycles. The highest BCUT2D eigenvalue weighted by molar-refractivity contribution is 9.10. The Balaban J connectivity index is 1.42. The van der Waals surface area contributed by atoms with Gasteiger partial charge in [-0.25, -0.2) is 10.2 Å². The maximum atomic E-state index is 12.7. The Morgan fingerprint density at radius 1 is 1.10 bits per heavy atom. The van der Waals surface area contributed by atoms with Gasteiger partial charge in [-0.15, -0.1) is 11.3 Å². The summed E-state index contributed by atoms with van der Waals surface area (Å²) in [4.78, 5) is 39.0. The van der Waals surface area contributed by atoms with Crippen LogP contribution in [-0.4, -0.2) is 37.7 Å². The van der Waals surface area contributed by atoms with E-state index in [0.29, 0.717) is 42.1 Å². The van der Waals surface area contributed by atoms with Crippen LogP contribution in [0.15, 0.2) is 39.9 Å². The number of carbonyl (C=O) groups is 3. The number of ether oxygens (including phenoxy) is 3. The van der Waals surface area contributed by atoms with Crippen molar-refractivity contribution in [1.29, 1.82) is 0 Å². The Morgan fingerprint density at radius 3 is 2.62 bits per heavy atom. The van der Waals surface area contributed by atoms with E-state index in [9.17, 15) is 14.4 Å². The van der Waals surface area contributed by atoms with Crippen LogP contribution in [0.1, 0.15) is 58.1 Å². The summed E-state index contributed by atoms with van der Waals surface area (Å²) in [6.07, 6.45) is 5.92. The largest absolute Gasteiger partial charge is 0.493 e. The first-order chi connectivity index (χ1) is 20.2. The van der Waals surface area contributed by atoms with E-state index in [1.807, 2.05) is 0 Å². The van der Waals surface area contributed by atoms with Gasteiger partial charge in [-0.3, -0.25) is 9.59 Å². The van der Waals surface area contributed by atoms with Crippen LogP contribution in [0.25, 0.3) is 0 Å². The van der Waals surface area contributed by atoms with Gasteiger partial charge in [-0.05, 0) is 83.9 Å². The van der Waals surface area contributed by atoms with Gasteiger partial charge < -0.3 is 19.5 Å². The predicted molar refractivity (Wildman–Crippen MR) is 167 cm³/mol. The van der Waals surface area contributed by atoms with Gasteiger partial charge in [-0.1, -0.05) is 35.7 Å². The van der Waals surface area contributed by atoms with Gasteiger partial charge in [0.1, 0.15) is 11.6 Å². The molecule has 222 valence electrons. The second kappa shape index (κ2) is 14.9. The SMILES string of the molecule is CCOC(=O)c1c(NC(=O)C(=O)NN=Cc2cc(Br)c(OCc3ccc(Cl)cc3Cl)c(OC)c2)sc2c1CCCCC2.